The summed E-state index contributed by atoms with van der Waals surface area (Å²) < 4.78 is 7.46. The molecule has 2 atom stereocenters. The number of hydrogen-bond donors (Lipinski definition) is 1. The third-order valence-electron chi connectivity index (χ3n) is 5.21. The maximum Gasteiger partial charge on any atom is 0.269 e. The molecule has 2 fully saturated rings. The first kappa shape index (κ1) is 13.1. The second-order valence-electron chi connectivity index (χ2n) is 6.83. The minimum atomic E-state index is -0.00448. The highest BCUT2D eigenvalue weighted by atomic mass is 16.5. The van der Waals surface area contributed by atoms with Crippen molar-refractivity contribution in [3.63, 3.8) is 0 Å². The third kappa shape index (κ3) is 2.04. The molecule has 114 valence electrons. The number of amides is 1. The Kier molecular flexibility index (Phi) is 2.79. The second kappa shape index (κ2) is 4.47. The number of carbonyl (C=O) groups excluding carboxylic acids is 1. The van der Waals surface area contributed by atoms with Crippen molar-refractivity contribution in [1.29, 1.82) is 0 Å². The van der Waals surface area contributed by atoms with Gasteiger partial charge in [0.05, 0.1) is 25.3 Å². The number of hydrogen-bond acceptors (Lipinski definition) is 4. The van der Waals surface area contributed by atoms with E-state index < -0.39 is 0 Å². The lowest BCUT2D eigenvalue weighted by Crippen LogP contribution is -2.44. The number of morpholine rings is 1. The van der Waals surface area contributed by atoms with Crippen molar-refractivity contribution in [1.82, 2.24) is 15.1 Å². The summed E-state index contributed by atoms with van der Waals surface area (Å²) in [6.07, 6.45) is 2.44. The molecule has 0 unspecified atom stereocenters. The Balaban J connectivity index is 1.70. The summed E-state index contributed by atoms with van der Waals surface area (Å²) in [6.45, 7) is 7.40. The quantitative estimate of drug-likeness (QED) is 0.889. The van der Waals surface area contributed by atoms with E-state index in [1.807, 2.05) is 10.7 Å². The SMILES string of the molecule is C[C@@H]1COCCN1c1cc2n(n1)[C@@H](C1(C)CC1)CNC2=O. The number of rotatable bonds is 2. The van der Waals surface area contributed by atoms with Gasteiger partial charge in [-0.05, 0) is 25.2 Å². The molecule has 0 spiro atoms. The van der Waals surface area contributed by atoms with Crippen LogP contribution in [0.5, 0.6) is 0 Å². The maximum absolute atomic E-state index is 12.1. The van der Waals surface area contributed by atoms with E-state index in [4.69, 9.17) is 9.84 Å². The van der Waals surface area contributed by atoms with E-state index in [1.165, 1.54) is 12.8 Å². The first-order valence-corrected chi connectivity index (χ1v) is 7.81. The summed E-state index contributed by atoms with van der Waals surface area (Å²) >= 11 is 0. The van der Waals surface area contributed by atoms with Gasteiger partial charge in [0.15, 0.2) is 5.82 Å². The topological polar surface area (TPSA) is 59.4 Å². The third-order valence-corrected chi connectivity index (χ3v) is 5.21. The summed E-state index contributed by atoms with van der Waals surface area (Å²) in [5.41, 5.74) is 0.996. The fourth-order valence-corrected chi connectivity index (χ4v) is 3.43. The van der Waals surface area contributed by atoms with Crippen LogP contribution in [-0.4, -0.2) is 48.0 Å². The van der Waals surface area contributed by atoms with Crippen LogP contribution in [0.2, 0.25) is 0 Å². The van der Waals surface area contributed by atoms with Crippen LogP contribution in [0.15, 0.2) is 6.07 Å². The van der Waals surface area contributed by atoms with Gasteiger partial charge in [-0.1, -0.05) is 6.92 Å². The molecule has 0 aromatic carbocycles. The zero-order valence-corrected chi connectivity index (χ0v) is 12.6. The largest absolute Gasteiger partial charge is 0.377 e. The van der Waals surface area contributed by atoms with Crippen LogP contribution in [0.4, 0.5) is 5.82 Å². The van der Waals surface area contributed by atoms with Gasteiger partial charge in [-0.25, -0.2) is 0 Å². The number of ether oxygens (including phenoxy) is 1. The molecule has 1 saturated carbocycles. The van der Waals surface area contributed by atoms with Crippen LogP contribution in [0.1, 0.15) is 43.2 Å². The number of nitrogens with one attached hydrogen (secondary N) is 1. The van der Waals surface area contributed by atoms with Gasteiger partial charge in [0, 0.05) is 19.2 Å². The molecule has 1 aliphatic carbocycles. The minimum absolute atomic E-state index is 0.00448. The molecule has 2 aliphatic heterocycles. The lowest BCUT2D eigenvalue weighted by Gasteiger charge is -2.33. The molecule has 1 amide bonds. The maximum atomic E-state index is 12.1. The summed E-state index contributed by atoms with van der Waals surface area (Å²) in [7, 11) is 0. The Hall–Kier alpha value is -1.56. The summed E-state index contributed by atoms with van der Waals surface area (Å²) in [6, 6.07) is 2.53. The lowest BCUT2D eigenvalue weighted by molar-refractivity contribution is 0.0889. The zero-order valence-electron chi connectivity index (χ0n) is 12.6. The van der Waals surface area contributed by atoms with Gasteiger partial charge in [-0.2, -0.15) is 5.10 Å². The molecule has 1 saturated heterocycles. The van der Waals surface area contributed by atoms with Gasteiger partial charge in [-0.3, -0.25) is 9.48 Å². The summed E-state index contributed by atoms with van der Waals surface area (Å²) in [5.74, 6) is 0.905. The highest BCUT2D eigenvalue weighted by molar-refractivity contribution is 5.94. The predicted octanol–water partition coefficient (Wildman–Crippen LogP) is 1.19. The van der Waals surface area contributed by atoms with Crippen LogP contribution in [-0.2, 0) is 4.74 Å². The van der Waals surface area contributed by atoms with Gasteiger partial charge in [0.25, 0.3) is 5.91 Å². The van der Waals surface area contributed by atoms with Crippen molar-refractivity contribution in [3.8, 4) is 0 Å². The molecule has 21 heavy (non-hydrogen) atoms. The Morgan fingerprint density at radius 1 is 1.48 bits per heavy atom. The highest BCUT2D eigenvalue weighted by Crippen LogP contribution is 2.54. The van der Waals surface area contributed by atoms with Crippen molar-refractivity contribution in [2.45, 2.75) is 38.8 Å². The van der Waals surface area contributed by atoms with Crippen LogP contribution in [0.3, 0.4) is 0 Å². The van der Waals surface area contributed by atoms with Crippen molar-refractivity contribution < 1.29 is 9.53 Å². The molecule has 1 N–H and O–H groups in total. The molecule has 0 radical (unpaired) electrons. The van der Waals surface area contributed by atoms with Gasteiger partial charge in [-0.15, -0.1) is 0 Å². The van der Waals surface area contributed by atoms with E-state index in [2.05, 4.69) is 24.1 Å². The molecule has 6 nitrogen and oxygen atoms in total. The standard InChI is InChI=1S/C15H22N4O2/c1-10-9-21-6-5-18(10)13-7-11-14(20)16-8-12(19(11)17-13)15(2)3-4-15/h7,10,12H,3-6,8-9H2,1-2H3,(H,16,20)/t10-,12-/m1/s1. The van der Waals surface area contributed by atoms with E-state index in [9.17, 15) is 4.79 Å². The van der Waals surface area contributed by atoms with Gasteiger partial charge in [0.2, 0.25) is 0 Å². The predicted molar refractivity (Wildman–Crippen MR) is 78.6 cm³/mol. The van der Waals surface area contributed by atoms with Crippen LogP contribution in [0.25, 0.3) is 0 Å². The van der Waals surface area contributed by atoms with Gasteiger partial charge >= 0.3 is 0 Å². The van der Waals surface area contributed by atoms with Crippen LogP contribution >= 0.6 is 0 Å². The lowest BCUT2D eigenvalue weighted by atomic mass is 9.97. The normalized spacial score (nSPS) is 30.8. The Labute approximate surface area is 124 Å². The molecular formula is C15H22N4O2. The Morgan fingerprint density at radius 2 is 2.29 bits per heavy atom. The molecular weight excluding hydrogens is 268 g/mol. The fraction of sp³-hybridized carbons (Fsp3) is 0.733. The highest BCUT2D eigenvalue weighted by Gasteiger charge is 2.49. The van der Waals surface area contributed by atoms with E-state index in [0.717, 1.165) is 25.6 Å². The monoisotopic (exact) mass is 290 g/mol. The average Bonchev–Trinajstić information content (AvgIpc) is 3.05. The number of nitrogens with zero attached hydrogens (tertiary/aromatic N) is 3. The van der Waals surface area contributed by atoms with Crippen molar-refractivity contribution in [2.75, 3.05) is 31.2 Å². The van der Waals surface area contributed by atoms with Gasteiger partial charge in [0.1, 0.15) is 5.69 Å². The second-order valence-corrected chi connectivity index (χ2v) is 6.83. The number of carbonyl (C=O) groups is 1. The molecule has 3 heterocycles. The molecule has 0 bridgehead atoms. The van der Waals surface area contributed by atoms with Crippen molar-refractivity contribution in [3.05, 3.63) is 11.8 Å². The molecule has 6 heteroatoms. The number of anilines is 1. The first-order chi connectivity index (χ1) is 10.1. The van der Waals surface area contributed by atoms with Gasteiger partial charge < -0.3 is 15.0 Å². The Morgan fingerprint density at radius 3 is 3.00 bits per heavy atom. The minimum Gasteiger partial charge on any atom is -0.377 e. The molecule has 1 aromatic heterocycles. The average molecular weight is 290 g/mol. The molecule has 3 aliphatic rings. The van der Waals surface area contributed by atoms with E-state index >= 15 is 0 Å². The first-order valence-electron chi connectivity index (χ1n) is 7.81. The van der Waals surface area contributed by atoms with E-state index in [0.29, 0.717) is 23.7 Å². The van der Waals surface area contributed by atoms with Crippen molar-refractivity contribution >= 4 is 11.7 Å². The van der Waals surface area contributed by atoms with Crippen LogP contribution < -0.4 is 10.2 Å². The van der Waals surface area contributed by atoms with Crippen LogP contribution in [0, 0.1) is 5.41 Å². The smallest absolute Gasteiger partial charge is 0.269 e. The molecule has 4 rings (SSSR count). The van der Waals surface area contributed by atoms with Crippen molar-refractivity contribution in [2.24, 2.45) is 5.41 Å². The summed E-state index contributed by atoms with van der Waals surface area (Å²) in [4.78, 5) is 14.4. The van der Waals surface area contributed by atoms with E-state index in [1.54, 1.807) is 0 Å². The number of aromatic nitrogens is 2. The zero-order chi connectivity index (χ0) is 14.6. The number of fused-ring (bicyclic) bond motifs is 1. The van der Waals surface area contributed by atoms with E-state index in [-0.39, 0.29) is 11.9 Å². The summed E-state index contributed by atoms with van der Waals surface area (Å²) in [5, 5.41) is 7.81. The fourth-order valence-electron chi connectivity index (χ4n) is 3.43. The molecule has 1 aromatic rings. The Bertz CT molecular complexity index is 578.